The fourth-order valence-corrected chi connectivity index (χ4v) is 1.87. The molecule has 1 aliphatic rings. The van der Waals surface area contributed by atoms with Crippen molar-refractivity contribution in [1.29, 1.82) is 0 Å². The van der Waals surface area contributed by atoms with E-state index in [4.69, 9.17) is 0 Å². The van der Waals surface area contributed by atoms with Crippen LogP contribution in [0.4, 0.5) is 0 Å². The molecule has 98 valence electrons. The van der Waals surface area contributed by atoms with Gasteiger partial charge in [-0.05, 0) is 18.9 Å². The summed E-state index contributed by atoms with van der Waals surface area (Å²) in [5.41, 5.74) is 1.10. The molecule has 1 amide bonds. The van der Waals surface area contributed by atoms with Crippen LogP contribution in [0.25, 0.3) is 0 Å². The van der Waals surface area contributed by atoms with Crippen LogP contribution in [-0.4, -0.2) is 33.2 Å². The topological polar surface area (TPSA) is 90.1 Å². The molecule has 7 heteroatoms. The second-order valence-corrected chi connectivity index (χ2v) is 4.62. The molecule has 1 saturated carbocycles. The van der Waals surface area contributed by atoms with Gasteiger partial charge in [0.15, 0.2) is 0 Å². The van der Waals surface area contributed by atoms with Gasteiger partial charge in [0.2, 0.25) is 11.9 Å². The Morgan fingerprint density at radius 3 is 3.06 bits per heavy atom. The molecule has 0 saturated heterocycles. The molecule has 0 bridgehead atoms. The monoisotopic (exact) mass is 252 g/mol. The van der Waals surface area contributed by atoms with Crippen LogP contribution < -0.4 is 5.32 Å². The van der Waals surface area contributed by atoms with Crippen molar-refractivity contribution in [3.05, 3.63) is 28.1 Å². The second-order valence-electron chi connectivity index (χ2n) is 4.62. The smallest absolute Gasteiger partial charge is 0.230 e. The summed E-state index contributed by atoms with van der Waals surface area (Å²) in [6, 6.07) is -0.668. The average Bonchev–Trinajstić information content (AvgIpc) is 3.03. The van der Waals surface area contributed by atoms with Gasteiger partial charge in [-0.25, -0.2) is 0 Å². The molecule has 0 spiro atoms. The molecule has 0 radical (unpaired) electrons. The highest BCUT2D eigenvalue weighted by molar-refractivity contribution is 5.81. The van der Waals surface area contributed by atoms with Crippen LogP contribution in [0.1, 0.15) is 18.4 Å². The van der Waals surface area contributed by atoms with E-state index in [0.29, 0.717) is 13.0 Å². The van der Waals surface area contributed by atoms with Gasteiger partial charge >= 0.3 is 0 Å². The van der Waals surface area contributed by atoms with Crippen molar-refractivity contribution >= 4 is 5.91 Å². The van der Waals surface area contributed by atoms with Crippen LogP contribution in [0.5, 0.6) is 0 Å². The van der Waals surface area contributed by atoms with Gasteiger partial charge in [0.25, 0.3) is 0 Å². The number of nitrogens with zero attached hydrogens (tertiary/aromatic N) is 3. The lowest BCUT2D eigenvalue weighted by atomic mass is 10.3. The van der Waals surface area contributed by atoms with Gasteiger partial charge in [0, 0.05) is 30.6 Å². The molecule has 1 fully saturated rings. The summed E-state index contributed by atoms with van der Waals surface area (Å²) >= 11 is 0. The van der Waals surface area contributed by atoms with Crippen LogP contribution in [0, 0.1) is 23.0 Å². The Balaban J connectivity index is 1.61. The fourth-order valence-electron chi connectivity index (χ4n) is 1.87. The molecule has 1 aromatic rings. The first-order chi connectivity index (χ1) is 8.58. The van der Waals surface area contributed by atoms with Gasteiger partial charge < -0.3 is 5.32 Å². The molecule has 2 atom stereocenters. The molecule has 18 heavy (non-hydrogen) atoms. The number of hydrogen-bond donors (Lipinski definition) is 1. The van der Waals surface area contributed by atoms with E-state index in [1.165, 1.54) is 0 Å². The summed E-state index contributed by atoms with van der Waals surface area (Å²) in [4.78, 5) is 21.5. The Labute approximate surface area is 104 Å². The molecule has 1 aliphatic carbocycles. The van der Waals surface area contributed by atoms with E-state index in [0.717, 1.165) is 18.5 Å². The van der Waals surface area contributed by atoms with Crippen LogP contribution >= 0.6 is 0 Å². The number of carbonyl (C=O) groups is 1. The third-order valence-corrected chi connectivity index (χ3v) is 2.99. The number of amides is 1. The first kappa shape index (κ1) is 12.5. The first-order valence-corrected chi connectivity index (χ1v) is 5.98. The second kappa shape index (κ2) is 5.16. The van der Waals surface area contributed by atoms with Crippen LogP contribution in [0.2, 0.25) is 0 Å². The number of carbonyl (C=O) groups excluding carboxylic acids is 1. The summed E-state index contributed by atoms with van der Waals surface area (Å²) in [5.74, 6) is -0.625. The zero-order chi connectivity index (χ0) is 13.1. The van der Waals surface area contributed by atoms with Crippen molar-refractivity contribution in [2.24, 2.45) is 5.92 Å². The zero-order valence-corrected chi connectivity index (χ0v) is 10.2. The highest BCUT2D eigenvalue weighted by Crippen LogP contribution is 2.32. The van der Waals surface area contributed by atoms with Crippen molar-refractivity contribution in [3.63, 3.8) is 0 Å². The lowest BCUT2D eigenvalue weighted by molar-refractivity contribution is -0.497. The van der Waals surface area contributed by atoms with Gasteiger partial charge in [-0.1, -0.05) is 0 Å². The van der Waals surface area contributed by atoms with Crippen molar-refractivity contribution in [3.8, 4) is 0 Å². The summed E-state index contributed by atoms with van der Waals surface area (Å²) < 4.78 is 1.82. The zero-order valence-electron chi connectivity index (χ0n) is 10.2. The molecule has 1 heterocycles. The molecule has 0 unspecified atom stereocenters. The van der Waals surface area contributed by atoms with Gasteiger partial charge in [-0.15, -0.1) is 0 Å². The van der Waals surface area contributed by atoms with E-state index in [9.17, 15) is 14.9 Å². The Morgan fingerprint density at radius 2 is 2.50 bits per heavy atom. The van der Waals surface area contributed by atoms with Crippen LogP contribution in [-0.2, 0) is 11.3 Å². The molecular formula is C11H16N4O3. The SMILES string of the molecule is Cc1cnn(CCCNC(=O)[C@H]2C[C@@H]2[N+](=O)[O-])c1. The molecule has 0 aliphatic heterocycles. The van der Waals surface area contributed by atoms with Crippen LogP contribution in [0.3, 0.4) is 0 Å². The third-order valence-electron chi connectivity index (χ3n) is 2.99. The highest BCUT2D eigenvalue weighted by Gasteiger charge is 2.53. The van der Waals surface area contributed by atoms with Gasteiger partial charge in [-0.3, -0.25) is 19.6 Å². The van der Waals surface area contributed by atoms with E-state index >= 15 is 0 Å². The van der Waals surface area contributed by atoms with Crippen molar-refractivity contribution in [1.82, 2.24) is 15.1 Å². The lowest BCUT2D eigenvalue weighted by Gasteiger charge is -2.04. The molecule has 1 N–H and O–H groups in total. The average molecular weight is 252 g/mol. The van der Waals surface area contributed by atoms with E-state index in [-0.39, 0.29) is 10.8 Å². The third kappa shape index (κ3) is 3.06. The lowest BCUT2D eigenvalue weighted by Crippen LogP contribution is -2.28. The maximum absolute atomic E-state index is 11.5. The van der Waals surface area contributed by atoms with E-state index < -0.39 is 12.0 Å². The Morgan fingerprint density at radius 1 is 1.72 bits per heavy atom. The van der Waals surface area contributed by atoms with Gasteiger partial charge in [0.1, 0.15) is 5.92 Å². The molecule has 7 nitrogen and oxygen atoms in total. The Hall–Kier alpha value is -1.92. The highest BCUT2D eigenvalue weighted by atomic mass is 16.6. The molecule has 2 rings (SSSR count). The maximum Gasteiger partial charge on any atom is 0.230 e. The van der Waals surface area contributed by atoms with Crippen LogP contribution in [0.15, 0.2) is 12.4 Å². The maximum atomic E-state index is 11.5. The normalized spacial score (nSPS) is 21.6. The fraction of sp³-hybridized carbons (Fsp3) is 0.636. The van der Waals surface area contributed by atoms with Crippen molar-refractivity contribution in [2.45, 2.75) is 32.4 Å². The standard InChI is InChI=1S/C11H16N4O3/c1-8-6-13-14(7-8)4-2-3-12-11(16)9-5-10(9)15(17)18/h6-7,9-10H,2-5H2,1H3,(H,12,16)/t9-,10-/m0/s1. The quantitative estimate of drug-likeness (QED) is 0.449. The largest absolute Gasteiger partial charge is 0.356 e. The number of rotatable bonds is 6. The predicted molar refractivity (Wildman–Crippen MR) is 63.5 cm³/mol. The van der Waals surface area contributed by atoms with Gasteiger partial charge in [0.05, 0.1) is 6.20 Å². The van der Waals surface area contributed by atoms with E-state index in [2.05, 4.69) is 10.4 Å². The van der Waals surface area contributed by atoms with E-state index in [1.54, 1.807) is 6.20 Å². The molecule has 1 aromatic heterocycles. The number of hydrogen-bond acceptors (Lipinski definition) is 4. The number of aromatic nitrogens is 2. The first-order valence-electron chi connectivity index (χ1n) is 5.98. The predicted octanol–water partition coefficient (Wildman–Crippen LogP) is 0.363. The molecule has 0 aromatic carbocycles. The summed E-state index contributed by atoms with van der Waals surface area (Å²) in [6.45, 7) is 3.23. The van der Waals surface area contributed by atoms with Gasteiger partial charge in [-0.2, -0.15) is 5.10 Å². The van der Waals surface area contributed by atoms with Crippen molar-refractivity contribution < 1.29 is 9.72 Å². The Bertz CT molecular complexity index is 457. The molecular weight excluding hydrogens is 236 g/mol. The number of nitrogens with one attached hydrogen (secondary N) is 1. The number of nitro groups is 1. The minimum Gasteiger partial charge on any atom is -0.356 e. The Kier molecular flexibility index (Phi) is 3.59. The summed E-state index contributed by atoms with van der Waals surface area (Å²) in [6.07, 6.45) is 4.86. The van der Waals surface area contributed by atoms with E-state index in [1.807, 2.05) is 17.8 Å². The van der Waals surface area contributed by atoms with Crippen molar-refractivity contribution in [2.75, 3.05) is 6.54 Å². The minimum atomic E-state index is -0.668. The number of aryl methyl sites for hydroxylation is 2. The summed E-state index contributed by atoms with van der Waals surface area (Å²) in [5, 5.41) is 17.3. The summed E-state index contributed by atoms with van der Waals surface area (Å²) in [7, 11) is 0. The minimum absolute atomic E-state index is 0.201.